The Hall–Kier alpha value is -3.59. The van der Waals surface area contributed by atoms with E-state index in [1.165, 1.54) is 12.7 Å². The largest absolute Gasteiger partial charge is 0.488 e. The second-order valence-electron chi connectivity index (χ2n) is 11.5. The lowest BCUT2D eigenvalue weighted by molar-refractivity contribution is -0.144. The van der Waals surface area contributed by atoms with Gasteiger partial charge in [0.05, 0.1) is 18.7 Å². The van der Waals surface area contributed by atoms with E-state index < -0.39 is 5.60 Å². The normalized spacial score (nSPS) is 17.0. The van der Waals surface area contributed by atoms with Crippen molar-refractivity contribution in [2.45, 2.75) is 59.3 Å². The molecule has 0 bridgehead atoms. The molecule has 3 aromatic rings. The second kappa shape index (κ2) is 11.5. The molecule has 0 radical (unpaired) electrons. The zero-order chi connectivity index (χ0) is 28.4. The highest BCUT2D eigenvalue weighted by molar-refractivity contribution is 7.14. The number of para-hydroxylation sites is 1. The van der Waals surface area contributed by atoms with Crippen LogP contribution in [0.25, 0.3) is 11.3 Å². The van der Waals surface area contributed by atoms with Gasteiger partial charge in [0.2, 0.25) is 0 Å². The summed E-state index contributed by atoms with van der Waals surface area (Å²) >= 11 is 1.58. The van der Waals surface area contributed by atoms with E-state index in [0.717, 1.165) is 58.2 Å². The van der Waals surface area contributed by atoms with Gasteiger partial charge in [-0.05, 0) is 68.9 Å². The summed E-state index contributed by atoms with van der Waals surface area (Å²) in [7, 11) is 1.44. The molecule has 1 atom stereocenters. The molecule has 0 saturated carbocycles. The van der Waals surface area contributed by atoms with Crippen LogP contribution in [0.2, 0.25) is 0 Å². The third-order valence-corrected chi connectivity index (χ3v) is 8.19. The van der Waals surface area contributed by atoms with Gasteiger partial charge in [0.25, 0.3) is 0 Å². The molecule has 2 aliphatic heterocycles. The van der Waals surface area contributed by atoms with E-state index >= 15 is 0 Å². The van der Waals surface area contributed by atoms with Crippen molar-refractivity contribution in [1.82, 2.24) is 9.88 Å². The number of aromatic nitrogens is 1. The van der Waals surface area contributed by atoms with Crippen LogP contribution in [0.1, 0.15) is 49.4 Å². The molecular formula is C31H37N3O5S. The van der Waals surface area contributed by atoms with Crippen LogP contribution in [0.3, 0.4) is 0 Å². The zero-order valence-corrected chi connectivity index (χ0v) is 24.7. The number of carbonyl (C=O) groups excluding carboxylic acids is 2. The van der Waals surface area contributed by atoms with Gasteiger partial charge in [0, 0.05) is 37.1 Å². The minimum atomic E-state index is -0.505. The molecular weight excluding hydrogens is 526 g/mol. The molecule has 3 heterocycles. The molecule has 0 N–H and O–H groups in total. The number of thiazole rings is 1. The molecule has 5 rings (SSSR count). The van der Waals surface area contributed by atoms with E-state index in [0.29, 0.717) is 26.2 Å². The molecule has 212 valence electrons. The van der Waals surface area contributed by atoms with E-state index in [4.69, 9.17) is 19.2 Å². The van der Waals surface area contributed by atoms with Gasteiger partial charge in [-0.15, -0.1) is 11.3 Å². The van der Waals surface area contributed by atoms with Crippen LogP contribution in [0.4, 0.5) is 9.93 Å². The first-order valence-electron chi connectivity index (χ1n) is 13.7. The highest BCUT2D eigenvalue weighted by Crippen LogP contribution is 2.37. The summed E-state index contributed by atoms with van der Waals surface area (Å²) in [5.41, 5.74) is 5.84. The van der Waals surface area contributed by atoms with Gasteiger partial charge >= 0.3 is 12.1 Å². The summed E-state index contributed by atoms with van der Waals surface area (Å²) in [4.78, 5) is 33.3. The number of amides is 1. The molecule has 2 aromatic carbocycles. The molecule has 40 heavy (non-hydrogen) atoms. The number of hydrogen-bond donors (Lipinski definition) is 0. The lowest BCUT2D eigenvalue weighted by atomic mass is 9.97. The van der Waals surface area contributed by atoms with Gasteiger partial charge in [-0.3, -0.25) is 4.79 Å². The van der Waals surface area contributed by atoms with Crippen molar-refractivity contribution < 1.29 is 23.8 Å². The number of benzene rings is 2. The molecule has 1 fully saturated rings. The number of anilines is 1. The first-order valence-corrected chi connectivity index (χ1v) is 14.6. The van der Waals surface area contributed by atoms with E-state index in [-0.39, 0.29) is 18.0 Å². The van der Waals surface area contributed by atoms with Crippen LogP contribution in [0.5, 0.6) is 5.75 Å². The Labute approximate surface area is 239 Å². The first kappa shape index (κ1) is 28.0. The van der Waals surface area contributed by atoms with Crippen LogP contribution in [-0.2, 0) is 33.8 Å². The van der Waals surface area contributed by atoms with Crippen LogP contribution >= 0.6 is 11.3 Å². The molecule has 9 heteroatoms. The number of ether oxygens (including phenoxy) is 3. The maximum Gasteiger partial charge on any atom is 0.410 e. The lowest BCUT2D eigenvalue weighted by Gasteiger charge is -2.31. The van der Waals surface area contributed by atoms with Crippen molar-refractivity contribution >= 4 is 28.5 Å². The van der Waals surface area contributed by atoms with E-state index in [9.17, 15) is 9.59 Å². The average molecular weight is 564 g/mol. The topological polar surface area (TPSA) is 81.2 Å². The number of carbonyl (C=O) groups is 2. The molecule has 1 amide bonds. The van der Waals surface area contributed by atoms with E-state index in [2.05, 4.69) is 28.5 Å². The lowest BCUT2D eigenvalue weighted by Crippen LogP contribution is -2.39. The van der Waals surface area contributed by atoms with Crippen LogP contribution < -0.4 is 9.64 Å². The Kier molecular flexibility index (Phi) is 8.03. The smallest absolute Gasteiger partial charge is 0.410 e. The third kappa shape index (κ3) is 6.25. The number of rotatable bonds is 6. The van der Waals surface area contributed by atoms with Crippen molar-refractivity contribution in [3.05, 3.63) is 64.0 Å². The Morgan fingerprint density at radius 3 is 2.73 bits per heavy atom. The Bertz CT molecular complexity index is 1400. The van der Waals surface area contributed by atoms with Crippen molar-refractivity contribution in [3.8, 4) is 17.0 Å². The van der Waals surface area contributed by atoms with E-state index in [1.54, 1.807) is 16.2 Å². The summed E-state index contributed by atoms with van der Waals surface area (Å²) < 4.78 is 16.9. The summed E-state index contributed by atoms with van der Waals surface area (Å²) in [5.74, 6) is 0.561. The summed E-state index contributed by atoms with van der Waals surface area (Å²) in [5, 5.41) is 2.96. The number of fused-ring (bicyclic) bond motifs is 1. The predicted molar refractivity (Wildman–Crippen MR) is 156 cm³/mol. The molecule has 1 saturated heterocycles. The third-order valence-electron chi connectivity index (χ3n) is 7.29. The quantitative estimate of drug-likeness (QED) is 0.341. The fourth-order valence-electron chi connectivity index (χ4n) is 5.21. The molecule has 2 aliphatic rings. The predicted octanol–water partition coefficient (Wildman–Crippen LogP) is 5.99. The fourth-order valence-corrected chi connectivity index (χ4v) is 6.07. The monoisotopic (exact) mass is 563 g/mol. The van der Waals surface area contributed by atoms with Crippen molar-refractivity contribution in [1.29, 1.82) is 0 Å². The highest BCUT2D eigenvalue weighted by atomic mass is 32.1. The second-order valence-corrected chi connectivity index (χ2v) is 12.3. The maximum atomic E-state index is 12.5. The maximum absolute atomic E-state index is 12.5. The van der Waals surface area contributed by atoms with Crippen molar-refractivity contribution in [2.75, 3.05) is 31.6 Å². The first-order chi connectivity index (χ1) is 19.1. The number of aryl methyl sites for hydroxylation is 1. The number of methoxy groups -OCH3 is 1. The number of esters is 1. The van der Waals surface area contributed by atoms with Gasteiger partial charge in [0.1, 0.15) is 18.0 Å². The van der Waals surface area contributed by atoms with Gasteiger partial charge in [-0.25, -0.2) is 9.78 Å². The van der Waals surface area contributed by atoms with Crippen molar-refractivity contribution in [2.24, 2.45) is 5.92 Å². The minimum Gasteiger partial charge on any atom is -0.488 e. The fraction of sp³-hybridized carbons (Fsp3) is 0.452. The van der Waals surface area contributed by atoms with Gasteiger partial charge in [-0.1, -0.05) is 30.3 Å². The van der Waals surface area contributed by atoms with Gasteiger partial charge < -0.3 is 24.0 Å². The summed E-state index contributed by atoms with van der Waals surface area (Å²) in [6, 6.07) is 12.5. The zero-order valence-electron chi connectivity index (χ0n) is 23.9. The number of hydrogen-bond acceptors (Lipinski definition) is 8. The summed E-state index contributed by atoms with van der Waals surface area (Å²) in [6.45, 7) is 10.7. The number of nitrogens with zero attached hydrogens (tertiary/aromatic N) is 3. The molecule has 0 aliphatic carbocycles. The van der Waals surface area contributed by atoms with Crippen molar-refractivity contribution in [3.63, 3.8) is 0 Å². The van der Waals surface area contributed by atoms with Gasteiger partial charge in [0.15, 0.2) is 5.13 Å². The standard InChI is InChI=1S/C31H37N3O5S/c1-20-7-6-8-25(26-19-40-29(32-26)33-13-12-24(17-33)28(35)37-5)27(20)38-18-21-9-10-23-16-34(14-11-22(23)15-21)30(36)39-31(2,3)4/h6-10,15,19,24H,11-14,16-18H2,1-5H3. The molecule has 0 spiro atoms. The Balaban J connectivity index is 1.26. The van der Waals surface area contributed by atoms with Gasteiger partial charge in [-0.2, -0.15) is 0 Å². The SMILES string of the molecule is COC(=O)C1CCN(c2nc(-c3cccc(C)c3OCc3ccc4c(c3)CCN(C(=O)OC(C)(C)C)C4)cs2)C1. The summed E-state index contributed by atoms with van der Waals surface area (Å²) in [6.07, 6.45) is 1.29. The Morgan fingerprint density at radius 2 is 1.95 bits per heavy atom. The highest BCUT2D eigenvalue weighted by Gasteiger charge is 2.31. The van der Waals surface area contributed by atoms with Crippen LogP contribution in [0.15, 0.2) is 41.8 Å². The van der Waals surface area contributed by atoms with Crippen LogP contribution in [0, 0.1) is 12.8 Å². The average Bonchev–Trinajstić information content (AvgIpc) is 3.61. The Morgan fingerprint density at radius 1 is 1.12 bits per heavy atom. The molecule has 1 unspecified atom stereocenters. The minimum absolute atomic E-state index is 0.104. The molecule has 1 aromatic heterocycles. The van der Waals surface area contributed by atoms with E-state index in [1.807, 2.05) is 45.9 Å². The van der Waals surface area contributed by atoms with Crippen LogP contribution in [-0.4, -0.2) is 54.3 Å². The molecule has 8 nitrogen and oxygen atoms in total.